The van der Waals surface area contributed by atoms with Gasteiger partial charge in [-0.05, 0) is 50.1 Å². The number of anilines is 1. The summed E-state index contributed by atoms with van der Waals surface area (Å²) in [5.41, 5.74) is 4.11. The minimum Gasteiger partial charge on any atom is -0.328 e. The van der Waals surface area contributed by atoms with Crippen LogP contribution in [-0.2, 0) is 13.0 Å². The zero-order valence-corrected chi connectivity index (χ0v) is 13.7. The minimum absolute atomic E-state index is 0.196. The highest BCUT2D eigenvalue weighted by Crippen LogP contribution is 2.24. The van der Waals surface area contributed by atoms with Crippen LogP contribution < -0.4 is 5.32 Å². The van der Waals surface area contributed by atoms with E-state index in [0.29, 0.717) is 5.69 Å². The van der Waals surface area contributed by atoms with Gasteiger partial charge in [-0.15, -0.1) is 0 Å². The molecule has 1 amide bonds. The van der Waals surface area contributed by atoms with E-state index in [1.54, 1.807) is 6.07 Å². The van der Waals surface area contributed by atoms with Crippen molar-refractivity contribution in [2.45, 2.75) is 39.2 Å². The van der Waals surface area contributed by atoms with E-state index in [1.807, 2.05) is 31.2 Å². The molecule has 0 saturated heterocycles. The van der Waals surface area contributed by atoms with Crippen molar-refractivity contribution in [1.82, 2.24) is 14.5 Å². The number of carbonyl (C=O) groups is 1. The normalized spacial score (nSPS) is 14.2. The molecule has 3 heterocycles. The van der Waals surface area contributed by atoms with Crippen molar-refractivity contribution in [3.63, 3.8) is 0 Å². The predicted molar refractivity (Wildman–Crippen MR) is 94.2 cm³/mol. The van der Waals surface area contributed by atoms with Crippen LogP contribution in [0.15, 0.2) is 36.4 Å². The zero-order valence-electron chi connectivity index (χ0n) is 13.7. The number of nitrogens with zero attached hydrogens (tertiary/aromatic N) is 3. The zero-order chi connectivity index (χ0) is 16.5. The number of hydrogen-bond donors (Lipinski definition) is 1. The molecule has 0 aliphatic carbocycles. The summed E-state index contributed by atoms with van der Waals surface area (Å²) < 4.78 is 2.32. The molecule has 122 valence electrons. The van der Waals surface area contributed by atoms with Crippen molar-refractivity contribution in [3.05, 3.63) is 53.6 Å². The number of amides is 1. The van der Waals surface area contributed by atoms with E-state index in [9.17, 15) is 4.79 Å². The molecule has 1 aromatic carbocycles. The maximum Gasteiger partial charge on any atom is 0.274 e. The van der Waals surface area contributed by atoms with E-state index in [4.69, 9.17) is 4.98 Å². The first-order chi connectivity index (χ1) is 11.7. The highest BCUT2D eigenvalue weighted by molar-refractivity contribution is 6.03. The number of aromatic nitrogens is 3. The van der Waals surface area contributed by atoms with Crippen LogP contribution >= 0.6 is 0 Å². The van der Waals surface area contributed by atoms with Gasteiger partial charge in [-0.2, -0.15) is 0 Å². The number of carbonyl (C=O) groups excluding carboxylic acids is 1. The van der Waals surface area contributed by atoms with Crippen molar-refractivity contribution in [1.29, 1.82) is 0 Å². The fourth-order valence-corrected chi connectivity index (χ4v) is 3.29. The summed E-state index contributed by atoms with van der Waals surface area (Å²) in [5, 5.41) is 2.92. The Kier molecular flexibility index (Phi) is 3.76. The van der Waals surface area contributed by atoms with Gasteiger partial charge in [0.05, 0.1) is 11.0 Å². The third-order valence-electron chi connectivity index (χ3n) is 4.49. The van der Waals surface area contributed by atoms with Crippen molar-refractivity contribution in [3.8, 4) is 0 Å². The third-order valence-corrected chi connectivity index (χ3v) is 4.49. The molecule has 0 spiro atoms. The van der Waals surface area contributed by atoms with Crippen LogP contribution in [0, 0.1) is 6.92 Å². The summed E-state index contributed by atoms with van der Waals surface area (Å²) in [6, 6.07) is 11.4. The van der Waals surface area contributed by atoms with E-state index in [2.05, 4.69) is 20.9 Å². The average molecular weight is 320 g/mol. The molecule has 0 bridgehead atoms. The van der Waals surface area contributed by atoms with E-state index < -0.39 is 0 Å². The molecule has 5 heteroatoms. The summed E-state index contributed by atoms with van der Waals surface area (Å²) in [6.07, 6.45) is 4.70. The van der Waals surface area contributed by atoms with Gasteiger partial charge < -0.3 is 9.88 Å². The number of pyridine rings is 1. The minimum atomic E-state index is -0.196. The van der Waals surface area contributed by atoms with Crippen molar-refractivity contribution >= 4 is 22.6 Å². The molecule has 0 fully saturated rings. The second kappa shape index (κ2) is 6.07. The summed E-state index contributed by atoms with van der Waals surface area (Å²) in [5.74, 6) is 0.963. The first kappa shape index (κ1) is 14.9. The highest BCUT2D eigenvalue weighted by atomic mass is 16.1. The second-order valence-electron chi connectivity index (χ2n) is 6.31. The van der Waals surface area contributed by atoms with Gasteiger partial charge in [0.25, 0.3) is 5.91 Å². The molecule has 1 aliphatic rings. The standard InChI is InChI=1S/C19H20N4O/c1-13-6-5-7-15(20-13)19(24)21-14-9-10-17-16(12-14)22-18-8-3-2-4-11-23(17)18/h5-7,9-10,12H,2-4,8,11H2,1H3,(H,21,24). The lowest BCUT2D eigenvalue weighted by atomic mass is 10.2. The van der Waals surface area contributed by atoms with Gasteiger partial charge in [-0.1, -0.05) is 12.5 Å². The van der Waals surface area contributed by atoms with Gasteiger partial charge in [0.2, 0.25) is 0 Å². The lowest BCUT2D eigenvalue weighted by Crippen LogP contribution is -2.13. The smallest absolute Gasteiger partial charge is 0.274 e. The molecule has 0 saturated carbocycles. The number of aryl methyl sites for hydroxylation is 3. The molecule has 0 atom stereocenters. The van der Waals surface area contributed by atoms with Gasteiger partial charge in [0, 0.05) is 24.3 Å². The first-order valence-corrected chi connectivity index (χ1v) is 8.45. The lowest BCUT2D eigenvalue weighted by molar-refractivity contribution is 0.102. The van der Waals surface area contributed by atoms with E-state index in [0.717, 1.165) is 41.2 Å². The molecule has 1 aliphatic heterocycles. The average Bonchev–Trinajstić information content (AvgIpc) is 2.75. The summed E-state index contributed by atoms with van der Waals surface area (Å²) in [7, 11) is 0. The van der Waals surface area contributed by atoms with E-state index in [1.165, 1.54) is 19.3 Å². The van der Waals surface area contributed by atoms with Crippen LogP contribution in [0.3, 0.4) is 0 Å². The lowest BCUT2D eigenvalue weighted by Gasteiger charge is -2.07. The monoisotopic (exact) mass is 320 g/mol. The maximum absolute atomic E-state index is 12.3. The van der Waals surface area contributed by atoms with Crippen LogP contribution in [0.5, 0.6) is 0 Å². The quantitative estimate of drug-likeness (QED) is 0.783. The molecule has 2 aromatic heterocycles. The first-order valence-electron chi connectivity index (χ1n) is 8.45. The Morgan fingerprint density at radius 3 is 2.92 bits per heavy atom. The number of rotatable bonds is 2. The fraction of sp³-hybridized carbons (Fsp3) is 0.316. The molecule has 1 N–H and O–H groups in total. The van der Waals surface area contributed by atoms with Gasteiger partial charge >= 0.3 is 0 Å². The number of benzene rings is 1. The van der Waals surface area contributed by atoms with E-state index in [-0.39, 0.29) is 5.91 Å². The Morgan fingerprint density at radius 1 is 1.12 bits per heavy atom. The molecule has 5 nitrogen and oxygen atoms in total. The third kappa shape index (κ3) is 2.77. The van der Waals surface area contributed by atoms with Crippen LogP contribution in [0.4, 0.5) is 5.69 Å². The summed E-state index contributed by atoms with van der Waals surface area (Å²) in [6.45, 7) is 2.91. The number of nitrogens with one attached hydrogen (secondary N) is 1. The molecule has 3 aromatic rings. The van der Waals surface area contributed by atoms with Crippen molar-refractivity contribution in [2.75, 3.05) is 5.32 Å². The van der Waals surface area contributed by atoms with Gasteiger partial charge in [-0.3, -0.25) is 4.79 Å². The molecule has 4 rings (SSSR count). The topological polar surface area (TPSA) is 59.8 Å². The van der Waals surface area contributed by atoms with Crippen molar-refractivity contribution in [2.24, 2.45) is 0 Å². The maximum atomic E-state index is 12.3. The van der Waals surface area contributed by atoms with Crippen molar-refractivity contribution < 1.29 is 4.79 Å². The molecular weight excluding hydrogens is 300 g/mol. The Hall–Kier alpha value is -2.69. The number of imidazole rings is 1. The SMILES string of the molecule is Cc1cccc(C(=O)Nc2ccc3c(c2)nc2n3CCCCC2)n1. The summed E-state index contributed by atoms with van der Waals surface area (Å²) >= 11 is 0. The molecule has 24 heavy (non-hydrogen) atoms. The van der Waals surface area contributed by atoms with Crippen LogP contribution in [0.25, 0.3) is 11.0 Å². The molecule has 0 radical (unpaired) electrons. The molecule has 0 unspecified atom stereocenters. The largest absolute Gasteiger partial charge is 0.328 e. The highest BCUT2D eigenvalue weighted by Gasteiger charge is 2.14. The van der Waals surface area contributed by atoms with Crippen LogP contribution in [0.2, 0.25) is 0 Å². The van der Waals surface area contributed by atoms with Gasteiger partial charge in [-0.25, -0.2) is 9.97 Å². The second-order valence-corrected chi connectivity index (χ2v) is 6.31. The Morgan fingerprint density at radius 2 is 2.04 bits per heavy atom. The number of hydrogen-bond acceptors (Lipinski definition) is 3. The van der Waals surface area contributed by atoms with E-state index >= 15 is 0 Å². The van der Waals surface area contributed by atoms with Gasteiger partial charge in [0.1, 0.15) is 11.5 Å². The van der Waals surface area contributed by atoms with Gasteiger partial charge in [0.15, 0.2) is 0 Å². The van der Waals surface area contributed by atoms with Crippen LogP contribution in [0.1, 0.15) is 41.3 Å². The summed E-state index contributed by atoms with van der Waals surface area (Å²) in [4.78, 5) is 21.4. The number of fused-ring (bicyclic) bond motifs is 3. The fourth-order valence-electron chi connectivity index (χ4n) is 3.29. The van der Waals surface area contributed by atoms with Crippen LogP contribution in [-0.4, -0.2) is 20.4 Å². The molecular formula is C19H20N4O. The Labute approximate surface area is 140 Å². The Bertz CT molecular complexity index is 913. The Balaban J connectivity index is 1.62. The predicted octanol–water partition coefficient (Wildman–Crippen LogP) is 3.72.